The zero-order valence-electron chi connectivity index (χ0n) is 12.3. The Morgan fingerprint density at radius 2 is 2.29 bits per heavy atom. The fourth-order valence-electron chi connectivity index (χ4n) is 2.51. The average Bonchev–Trinajstić information content (AvgIpc) is 2.46. The minimum atomic E-state index is 0.0318. The van der Waals surface area contributed by atoms with Crippen molar-refractivity contribution in [2.24, 2.45) is 5.92 Å². The van der Waals surface area contributed by atoms with Crippen molar-refractivity contribution in [3.8, 4) is 18.1 Å². The van der Waals surface area contributed by atoms with Crippen LogP contribution in [0, 0.1) is 18.3 Å². The lowest BCUT2D eigenvalue weighted by atomic mass is 9.90. The van der Waals surface area contributed by atoms with Gasteiger partial charge in [-0.2, -0.15) is 0 Å². The average molecular weight is 284 g/mol. The molecule has 1 saturated heterocycles. The Labute approximate surface area is 125 Å². The molecule has 0 radical (unpaired) electrons. The highest BCUT2D eigenvalue weighted by Crippen LogP contribution is 2.25. The van der Waals surface area contributed by atoms with E-state index in [9.17, 15) is 4.79 Å². The van der Waals surface area contributed by atoms with Gasteiger partial charge in [-0.1, -0.05) is 42.7 Å². The van der Waals surface area contributed by atoms with E-state index in [-0.39, 0.29) is 24.5 Å². The highest BCUT2D eigenvalue weighted by Gasteiger charge is 2.26. The lowest BCUT2D eigenvalue weighted by molar-refractivity contribution is -0.125. The van der Waals surface area contributed by atoms with Crippen LogP contribution in [0.25, 0.3) is 6.08 Å². The van der Waals surface area contributed by atoms with Crippen LogP contribution in [0.4, 0.5) is 0 Å². The summed E-state index contributed by atoms with van der Waals surface area (Å²) in [6.07, 6.45) is 7.83. The number of benzene rings is 1. The number of terminal acetylenes is 1. The summed E-state index contributed by atoms with van der Waals surface area (Å²) >= 11 is 0. The van der Waals surface area contributed by atoms with Gasteiger partial charge in [0.05, 0.1) is 6.04 Å². The molecule has 1 aliphatic rings. The van der Waals surface area contributed by atoms with Crippen LogP contribution in [0.5, 0.6) is 5.75 Å². The molecular weight excluding hydrogens is 264 g/mol. The number of carbonyl (C=O) groups excluding carboxylic acids is 1. The Bertz CT molecular complexity index is 587. The molecule has 4 nitrogen and oxygen atoms in total. The van der Waals surface area contributed by atoms with Crippen molar-refractivity contribution in [3.05, 3.63) is 35.4 Å². The maximum atomic E-state index is 11.3. The summed E-state index contributed by atoms with van der Waals surface area (Å²) < 4.78 is 5.55. The van der Waals surface area contributed by atoms with Crippen LogP contribution in [0.15, 0.2) is 29.8 Å². The van der Waals surface area contributed by atoms with E-state index in [2.05, 4.69) is 29.8 Å². The molecule has 2 unspecified atom stereocenters. The molecule has 2 N–H and O–H groups in total. The molecular formula is C17H20N2O2. The SMILES string of the molecule is C#CCOc1ccccc1/C=C(\C)C1NNC(=O)CC1C. The maximum Gasteiger partial charge on any atom is 0.234 e. The van der Waals surface area contributed by atoms with Gasteiger partial charge in [-0.05, 0) is 18.9 Å². The van der Waals surface area contributed by atoms with E-state index in [4.69, 9.17) is 11.2 Å². The van der Waals surface area contributed by atoms with Crippen LogP contribution in [-0.2, 0) is 4.79 Å². The molecule has 110 valence electrons. The molecule has 21 heavy (non-hydrogen) atoms. The predicted octanol–water partition coefficient (Wildman–Crippen LogP) is 2.13. The molecule has 1 heterocycles. The van der Waals surface area contributed by atoms with Crippen molar-refractivity contribution in [2.75, 3.05) is 6.61 Å². The molecule has 2 rings (SSSR count). The van der Waals surface area contributed by atoms with Gasteiger partial charge in [0.2, 0.25) is 5.91 Å². The van der Waals surface area contributed by atoms with Crippen molar-refractivity contribution in [2.45, 2.75) is 26.3 Å². The van der Waals surface area contributed by atoms with Gasteiger partial charge in [-0.25, -0.2) is 5.43 Å². The zero-order valence-corrected chi connectivity index (χ0v) is 12.3. The van der Waals surface area contributed by atoms with Crippen molar-refractivity contribution in [3.63, 3.8) is 0 Å². The summed E-state index contributed by atoms with van der Waals surface area (Å²) in [6.45, 7) is 4.36. The van der Waals surface area contributed by atoms with Crippen LogP contribution in [-0.4, -0.2) is 18.6 Å². The molecule has 4 heteroatoms. The Hall–Kier alpha value is -2.25. The lowest BCUT2D eigenvalue weighted by Crippen LogP contribution is -2.53. The minimum absolute atomic E-state index is 0.0318. The van der Waals surface area contributed by atoms with Crippen LogP contribution in [0.3, 0.4) is 0 Å². The van der Waals surface area contributed by atoms with E-state index in [1.807, 2.05) is 31.2 Å². The first-order chi connectivity index (χ1) is 10.1. The topological polar surface area (TPSA) is 50.4 Å². The van der Waals surface area contributed by atoms with E-state index < -0.39 is 0 Å². The number of amides is 1. The number of hydrazine groups is 1. The number of rotatable bonds is 4. The molecule has 2 atom stereocenters. The van der Waals surface area contributed by atoms with Gasteiger partial charge in [0, 0.05) is 12.0 Å². The third kappa shape index (κ3) is 3.87. The summed E-state index contributed by atoms with van der Waals surface area (Å²) in [7, 11) is 0. The summed E-state index contributed by atoms with van der Waals surface area (Å²) in [6, 6.07) is 7.88. The van der Waals surface area contributed by atoms with E-state index >= 15 is 0 Å². The third-order valence-electron chi connectivity index (χ3n) is 3.55. The van der Waals surface area contributed by atoms with Crippen LogP contribution in [0.2, 0.25) is 0 Å². The Morgan fingerprint density at radius 1 is 1.52 bits per heavy atom. The summed E-state index contributed by atoms with van der Waals surface area (Å²) in [5.41, 5.74) is 7.87. The quantitative estimate of drug-likeness (QED) is 0.833. The van der Waals surface area contributed by atoms with E-state index in [0.717, 1.165) is 16.9 Å². The van der Waals surface area contributed by atoms with Gasteiger partial charge in [0.1, 0.15) is 12.4 Å². The standard InChI is InChI=1S/C17H20N2O2/c1-4-9-21-15-8-6-5-7-14(15)10-12(2)17-13(3)11-16(20)18-19-17/h1,5-8,10,13,17,19H,9,11H2,2-3H3,(H,18,20)/b12-10+. The van der Waals surface area contributed by atoms with Gasteiger partial charge >= 0.3 is 0 Å². The molecule has 1 amide bonds. The second-order valence-corrected chi connectivity index (χ2v) is 5.27. The van der Waals surface area contributed by atoms with Gasteiger partial charge in [-0.3, -0.25) is 10.2 Å². The minimum Gasteiger partial charge on any atom is -0.480 e. The van der Waals surface area contributed by atoms with Gasteiger partial charge in [-0.15, -0.1) is 6.42 Å². The molecule has 1 aliphatic heterocycles. The first kappa shape index (κ1) is 15.1. The first-order valence-electron chi connectivity index (χ1n) is 6.99. The zero-order chi connectivity index (χ0) is 15.2. The number of hydrogen-bond acceptors (Lipinski definition) is 3. The monoisotopic (exact) mass is 284 g/mol. The Balaban J connectivity index is 2.19. The highest BCUT2D eigenvalue weighted by molar-refractivity contribution is 5.77. The Morgan fingerprint density at radius 3 is 3.00 bits per heavy atom. The second-order valence-electron chi connectivity index (χ2n) is 5.27. The Kier molecular flexibility index (Phi) is 5.02. The predicted molar refractivity (Wildman–Crippen MR) is 83.3 cm³/mol. The molecule has 0 bridgehead atoms. The van der Waals surface area contributed by atoms with Crippen molar-refractivity contribution >= 4 is 12.0 Å². The van der Waals surface area contributed by atoms with Gasteiger partial charge in [0.15, 0.2) is 0 Å². The summed E-state index contributed by atoms with van der Waals surface area (Å²) in [5.74, 6) is 3.51. The lowest BCUT2D eigenvalue weighted by Gasteiger charge is -2.30. The molecule has 1 aromatic carbocycles. The normalized spacial score (nSPS) is 22.3. The second kappa shape index (κ2) is 6.96. The van der Waals surface area contributed by atoms with Gasteiger partial charge in [0.25, 0.3) is 0 Å². The van der Waals surface area contributed by atoms with E-state index in [1.54, 1.807) is 0 Å². The smallest absolute Gasteiger partial charge is 0.234 e. The van der Waals surface area contributed by atoms with Crippen molar-refractivity contribution in [1.29, 1.82) is 0 Å². The first-order valence-corrected chi connectivity index (χ1v) is 6.99. The number of nitrogens with one attached hydrogen (secondary N) is 2. The van der Waals surface area contributed by atoms with E-state index in [0.29, 0.717) is 6.42 Å². The van der Waals surface area contributed by atoms with Crippen molar-refractivity contribution < 1.29 is 9.53 Å². The largest absolute Gasteiger partial charge is 0.480 e. The van der Waals surface area contributed by atoms with Crippen LogP contribution < -0.4 is 15.6 Å². The number of hydrogen-bond donors (Lipinski definition) is 2. The van der Waals surface area contributed by atoms with E-state index in [1.165, 1.54) is 0 Å². The van der Waals surface area contributed by atoms with Gasteiger partial charge < -0.3 is 4.74 Å². The fraction of sp³-hybridized carbons (Fsp3) is 0.353. The highest BCUT2D eigenvalue weighted by atomic mass is 16.5. The fourth-order valence-corrected chi connectivity index (χ4v) is 2.51. The molecule has 0 spiro atoms. The summed E-state index contributed by atoms with van der Waals surface area (Å²) in [5, 5.41) is 0. The number of para-hydroxylation sites is 1. The third-order valence-corrected chi connectivity index (χ3v) is 3.55. The molecule has 0 saturated carbocycles. The van der Waals surface area contributed by atoms with Crippen molar-refractivity contribution in [1.82, 2.24) is 10.9 Å². The maximum absolute atomic E-state index is 11.3. The van der Waals surface area contributed by atoms with Crippen LogP contribution >= 0.6 is 0 Å². The number of carbonyl (C=O) groups is 1. The molecule has 1 fully saturated rings. The summed E-state index contributed by atoms with van der Waals surface area (Å²) in [4.78, 5) is 11.3. The molecule has 0 aromatic heterocycles. The number of ether oxygens (including phenoxy) is 1. The molecule has 0 aliphatic carbocycles. The molecule has 1 aromatic rings. The van der Waals surface area contributed by atoms with Crippen LogP contribution in [0.1, 0.15) is 25.8 Å².